The van der Waals surface area contributed by atoms with Crippen LogP contribution in [-0.4, -0.2) is 31.1 Å². The average molecular weight is 216 g/mol. The minimum Gasteiger partial charge on any atom is -0.316 e. The summed E-state index contributed by atoms with van der Waals surface area (Å²) in [4.78, 5) is 2.68. The Morgan fingerprint density at radius 2 is 2.00 bits per heavy atom. The van der Waals surface area contributed by atoms with Crippen molar-refractivity contribution in [1.82, 2.24) is 10.2 Å². The van der Waals surface area contributed by atoms with Gasteiger partial charge in [0.05, 0.1) is 0 Å². The number of likely N-dealkylation sites (tertiary alicyclic amines) is 1. The molecule has 1 aromatic rings. The number of rotatable bonds is 3. The maximum absolute atomic E-state index is 3.40. The van der Waals surface area contributed by atoms with Gasteiger partial charge in [-0.3, -0.25) is 4.90 Å². The summed E-state index contributed by atoms with van der Waals surface area (Å²) in [5, 5.41) is 3.40. The molecule has 1 atom stereocenters. The van der Waals surface area contributed by atoms with Gasteiger partial charge < -0.3 is 5.32 Å². The van der Waals surface area contributed by atoms with E-state index in [0.29, 0.717) is 11.6 Å². The van der Waals surface area contributed by atoms with Crippen molar-refractivity contribution >= 4 is 0 Å². The topological polar surface area (TPSA) is 15.3 Å². The van der Waals surface area contributed by atoms with Crippen LogP contribution < -0.4 is 5.32 Å². The summed E-state index contributed by atoms with van der Waals surface area (Å²) in [6, 6.07) is 11.7. The smallest absolute Gasteiger partial charge is 0.0462 e. The first-order valence-corrected chi connectivity index (χ1v) is 6.33. The first kappa shape index (κ1) is 10.3. The van der Waals surface area contributed by atoms with Crippen LogP contribution in [0.5, 0.6) is 0 Å². The van der Waals surface area contributed by atoms with Crippen molar-refractivity contribution in [3.63, 3.8) is 0 Å². The quantitative estimate of drug-likeness (QED) is 0.831. The fourth-order valence-corrected chi connectivity index (χ4v) is 3.04. The monoisotopic (exact) mass is 216 g/mol. The third-order valence-electron chi connectivity index (χ3n) is 4.24. The Kier molecular flexibility index (Phi) is 2.49. The molecule has 2 fully saturated rings. The second-order valence-corrected chi connectivity index (χ2v) is 5.12. The molecule has 0 radical (unpaired) electrons. The van der Waals surface area contributed by atoms with Crippen LogP contribution in [0.1, 0.15) is 24.8 Å². The SMILES string of the molecule is CN[C@H]1CCN(C2(c3ccccc3)CC2)C1. The number of nitrogens with zero attached hydrogens (tertiary/aromatic N) is 1. The van der Waals surface area contributed by atoms with Gasteiger partial charge >= 0.3 is 0 Å². The predicted octanol–water partition coefficient (Wildman–Crippen LogP) is 1.97. The maximum atomic E-state index is 3.40. The van der Waals surface area contributed by atoms with Gasteiger partial charge in [0, 0.05) is 24.7 Å². The zero-order valence-corrected chi connectivity index (χ0v) is 9.95. The van der Waals surface area contributed by atoms with E-state index in [2.05, 4.69) is 47.6 Å². The van der Waals surface area contributed by atoms with Crippen LogP contribution in [0.2, 0.25) is 0 Å². The number of likely N-dealkylation sites (N-methyl/N-ethyl adjacent to an activating group) is 1. The number of hydrogen-bond acceptors (Lipinski definition) is 2. The molecule has 1 heterocycles. The van der Waals surface area contributed by atoms with Crippen LogP contribution >= 0.6 is 0 Å². The minimum atomic E-state index is 0.396. The van der Waals surface area contributed by atoms with Crippen LogP contribution in [0, 0.1) is 0 Å². The Morgan fingerprint density at radius 3 is 2.56 bits per heavy atom. The van der Waals surface area contributed by atoms with Gasteiger partial charge in [-0.2, -0.15) is 0 Å². The number of hydrogen-bond donors (Lipinski definition) is 1. The molecular weight excluding hydrogens is 196 g/mol. The van der Waals surface area contributed by atoms with Gasteiger partial charge in [-0.05, 0) is 31.9 Å². The van der Waals surface area contributed by atoms with E-state index in [4.69, 9.17) is 0 Å². The molecule has 86 valence electrons. The van der Waals surface area contributed by atoms with Crippen molar-refractivity contribution in [2.24, 2.45) is 0 Å². The van der Waals surface area contributed by atoms with Crippen molar-refractivity contribution in [1.29, 1.82) is 0 Å². The normalized spacial score (nSPS) is 28.2. The maximum Gasteiger partial charge on any atom is 0.0462 e. The van der Waals surface area contributed by atoms with E-state index >= 15 is 0 Å². The zero-order valence-electron chi connectivity index (χ0n) is 9.95. The summed E-state index contributed by atoms with van der Waals surface area (Å²) in [6.07, 6.45) is 3.98. The van der Waals surface area contributed by atoms with Crippen molar-refractivity contribution in [3.8, 4) is 0 Å². The highest BCUT2D eigenvalue weighted by atomic mass is 15.3. The van der Waals surface area contributed by atoms with E-state index in [1.807, 2.05) is 0 Å². The van der Waals surface area contributed by atoms with E-state index < -0.39 is 0 Å². The van der Waals surface area contributed by atoms with E-state index in [0.717, 1.165) is 0 Å². The first-order chi connectivity index (χ1) is 7.85. The molecule has 2 heteroatoms. The van der Waals surface area contributed by atoms with E-state index in [-0.39, 0.29) is 0 Å². The summed E-state index contributed by atoms with van der Waals surface area (Å²) in [6.45, 7) is 2.46. The van der Waals surface area contributed by atoms with E-state index in [1.54, 1.807) is 0 Å². The molecule has 0 spiro atoms. The second kappa shape index (κ2) is 3.86. The lowest BCUT2D eigenvalue weighted by atomic mass is 10.0. The lowest BCUT2D eigenvalue weighted by molar-refractivity contribution is 0.218. The van der Waals surface area contributed by atoms with Crippen LogP contribution in [-0.2, 0) is 5.54 Å². The molecule has 2 nitrogen and oxygen atoms in total. The van der Waals surface area contributed by atoms with Gasteiger partial charge in [0.2, 0.25) is 0 Å². The molecule has 1 aliphatic heterocycles. The summed E-state index contributed by atoms with van der Waals surface area (Å²) in [7, 11) is 2.08. The molecule has 1 saturated heterocycles. The molecule has 0 amide bonds. The van der Waals surface area contributed by atoms with Crippen molar-refractivity contribution < 1.29 is 0 Å². The van der Waals surface area contributed by atoms with Gasteiger partial charge in [0.1, 0.15) is 0 Å². The second-order valence-electron chi connectivity index (χ2n) is 5.12. The van der Waals surface area contributed by atoms with Gasteiger partial charge in [0.15, 0.2) is 0 Å². The summed E-state index contributed by atoms with van der Waals surface area (Å²) >= 11 is 0. The summed E-state index contributed by atoms with van der Waals surface area (Å²) in [5.41, 5.74) is 1.92. The molecule has 0 bridgehead atoms. The number of benzene rings is 1. The molecule has 0 unspecified atom stereocenters. The Hall–Kier alpha value is -0.860. The summed E-state index contributed by atoms with van der Waals surface area (Å²) in [5.74, 6) is 0. The number of nitrogens with one attached hydrogen (secondary N) is 1. The van der Waals surface area contributed by atoms with Gasteiger partial charge in [-0.25, -0.2) is 0 Å². The molecule has 2 aliphatic rings. The highest BCUT2D eigenvalue weighted by Crippen LogP contribution is 2.51. The highest BCUT2D eigenvalue weighted by molar-refractivity contribution is 5.30. The van der Waals surface area contributed by atoms with Crippen molar-refractivity contribution in [3.05, 3.63) is 35.9 Å². The zero-order chi connectivity index (χ0) is 11.0. The highest BCUT2D eigenvalue weighted by Gasteiger charge is 2.50. The lowest BCUT2D eigenvalue weighted by Gasteiger charge is -2.28. The average Bonchev–Trinajstić information content (AvgIpc) is 3.02. The van der Waals surface area contributed by atoms with E-state index in [9.17, 15) is 0 Å². The standard InChI is InChI=1S/C14H20N2/c1-15-13-7-10-16(11-13)14(8-9-14)12-5-3-2-4-6-12/h2-6,13,15H,7-11H2,1H3/t13-/m0/s1. The van der Waals surface area contributed by atoms with Crippen molar-refractivity contribution in [2.75, 3.05) is 20.1 Å². The third kappa shape index (κ3) is 1.57. The fraction of sp³-hybridized carbons (Fsp3) is 0.571. The largest absolute Gasteiger partial charge is 0.316 e. The molecule has 1 saturated carbocycles. The summed E-state index contributed by atoms with van der Waals surface area (Å²) < 4.78 is 0. The molecule has 0 aromatic heterocycles. The van der Waals surface area contributed by atoms with Gasteiger partial charge in [0.25, 0.3) is 0 Å². The van der Waals surface area contributed by atoms with Crippen molar-refractivity contribution in [2.45, 2.75) is 30.8 Å². The third-order valence-corrected chi connectivity index (χ3v) is 4.24. The van der Waals surface area contributed by atoms with E-state index in [1.165, 1.54) is 37.9 Å². The van der Waals surface area contributed by atoms with Crippen LogP contribution in [0.3, 0.4) is 0 Å². The molecular formula is C14H20N2. The molecule has 1 N–H and O–H groups in total. The predicted molar refractivity (Wildman–Crippen MR) is 66.4 cm³/mol. The van der Waals surface area contributed by atoms with Crippen LogP contribution in [0.15, 0.2) is 30.3 Å². The minimum absolute atomic E-state index is 0.396. The van der Waals surface area contributed by atoms with Gasteiger partial charge in [-0.15, -0.1) is 0 Å². The van der Waals surface area contributed by atoms with Gasteiger partial charge in [-0.1, -0.05) is 30.3 Å². The Labute approximate surface area is 97.6 Å². The Balaban J connectivity index is 1.80. The molecule has 3 rings (SSSR count). The molecule has 16 heavy (non-hydrogen) atoms. The molecule has 1 aromatic carbocycles. The van der Waals surface area contributed by atoms with Crippen LogP contribution in [0.25, 0.3) is 0 Å². The Bertz CT molecular complexity index is 356. The van der Waals surface area contributed by atoms with Crippen LogP contribution in [0.4, 0.5) is 0 Å². The fourth-order valence-electron chi connectivity index (χ4n) is 3.04. The molecule has 1 aliphatic carbocycles. The first-order valence-electron chi connectivity index (χ1n) is 6.33. The lowest BCUT2D eigenvalue weighted by Crippen LogP contribution is -2.36. The Morgan fingerprint density at radius 1 is 1.25 bits per heavy atom.